The van der Waals surface area contributed by atoms with Gasteiger partial charge in [0, 0.05) is 7.05 Å². The highest BCUT2D eigenvalue weighted by Gasteiger charge is 2.19. The molecule has 1 N–H and O–H groups in total. The number of hydrogen-bond donors (Lipinski definition) is 1. The van der Waals surface area contributed by atoms with Gasteiger partial charge in [-0.15, -0.1) is 4.48 Å². The zero-order chi connectivity index (χ0) is 13.1. The second-order valence-corrected chi connectivity index (χ2v) is 3.81. The Labute approximate surface area is 104 Å². The van der Waals surface area contributed by atoms with Crippen LogP contribution in [-0.2, 0) is 4.79 Å². The first-order valence-corrected chi connectivity index (χ1v) is 5.28. The lowest BCUT2D eigenvalue weighted by atomic mass is 10.2. The molecule has 1 aromatic rings. The van der Waals surface area contributed by atoms with Crippen LogP contribution in [0.25, 0.3) is 0 Å². The van der Waals surface area contributed by atoms with E-state index in [1.807, 2.05) is 19.1 Å². The van der Waals surface area contributed by atoms with Crippen LogP contribution in [0.3, 0.4) is 0 Å². The number of benzene rings is 1. The molecular weight excluding hydrogens is 237 g/mol. The summed E-state index contributed by atoms with van der Waals surface area (Å²) in [5, 5.41) is 2.71. The molecule has 0 unspecified atom stereocenters. The smallest absolute Gasteiger partial charge is 0.212 e. The number of ether oxygens (including phenoxy) is 1. The van der Waals surface area contributed by atoms with Crippen LogP contribution < -0.4 is 10.1 Å². The maximum atomic E-state index is 12.8. The number of hydrogen-bond acceptors (Lipinski definition) is 4. The minimum atomic E-state index is 0.142. The van der Waals surface area contributed by atoms with E-state index in [2.05, 4.69) is 10.3 Å². The molecule has 0 aromatic heterocycles. The van der Waals surface area contributed by atoms with Gasteiger partial charge in [0.15, 0.2) is 17.3 Å². The predicted molar refractivity (Wildman–Crippen MR) is 65.1 cm³/mol. The van der Waals surface area contributed by atoms with Crippen LogP contribution in [0.4, 0.5) is 10.2 Å². The van der Waals surface area contributed by atoms with Gasteiger partial charge in [0.1, 0.15) is 5.69 Å². The zero-order valence-electron chi connectivity index (χ0n) is 9.98. The molecule has 0 atom stereocenters. The van der Waals surface area contributed by atoms with E-state index in [-0.39, 0.29) is 11.6 Å². The van der Waals surface area contributed by atoms with E-state index in [0.717, 1.165) is 11.8 Å². The van der Waals surface area contributed by atoms with Crippen LogP contribution in [0.5, 0.6) is 5.75 Å². The number of rotatable bonds is 2. The Balaban J connectivity index is 2.46. The average Bonchev–Trinajstić information content (AvgIpc) is 2.30. The zero-order valence-corrected chi connectivity index (χ0v) is 9.98. The van der Waals surface area contributed by atoms with Crippen LogP contribution in [0.15, 0.2) is 35.2 Å². The van der Waals surface area contributed by atoms with Gasteiger partial charge in [-0.3, -0.25) is 4.79 Å². The van der Waals surface area contributed by atoms with Crippen LogP contribution in [0, 0.1) is 6.92 Å². The monoisotopic (exact) mass is 249 g/mol. The number of carbonyl (C=O) groups is 1. The third kappa shape index (κ3) is 2.48. The lowest BCUT2D eigenvalue weighted by molar-refractivity contribution is -0.108. The molecule has 1 heterocycles. The minimum absolute atomic E-state index is 0.142. The Morgan fingerprint density at radius 3 is 2.94 bits per heavy atom. The fourth-order valence-corrected chi connectivity index (χ4v) is 1.55. The van der Waals surface area contributed by atoms with E-state index < -0.39 is 0 Å². The Bertz CT molecular complexity index is 538. The molecule has 0 saturated carbocycles. The number of carbonyl (C=O) groups excluding carboxylic acids is 1. The van der Waals surface area contributed by atoms with Crippen molar-refractivity contribution in [2.24, 2.45) is 4.99 Å². The van der Waals surface area contributed by atoms with Gasteiger partial charge in [0.2, 0.25) is 6.41 Å². The number of aliphatic imine (C=N–C) groups is 1. The van der Waals surface area contributed by atoms with Gasteiger partial charge in [-0.2, -0.15) is 0 Å². The molecule has 0 fully saturated rings. The lowest BCUT2D eigenvalue weighted by Crippen LogP contribution is -2.28. The maximum Gasteiger partial charge on any atom is 0.212 e. The number of fused-ring (bicyclic) bond motifs is 1. The van der Waals surface area contributed by atoms with Gasteiger partial charge in [0.05, 0.1) is 6.20 Å². The van der Waals surface area contributed by atoms with Crippen LogP contribution in [0.1, 0.15) is 5.56 Å². The normalized spacial score (nSPS) is 15.5. The third-order valence-electron chi connectivity index (χ3n) is 2.29. The molecule has 0 saturated heterocycles. The molecule has 0 aliphatic carbocycles. The fourth-order valence-electron chi connectivity index (χ4n) is 1.55. The van der Waals surface area contributed by atoms with Crippen molar-refractivity contribution in [2.75, 3.05) is 7.05 Å². The van der Waals surface area contributed by atoms with E-state index in [9.17, 15) is 9.28 Å². The van der Waals surface area contributed by atoms with E-state index >= 15 is 0 Å². The topological polar surface area (TPSA) is 53.9 Å². The summed E-state index contributed by atoms with van der Waals surface area (Å²) in [6, 6.07) is 5.43. The van der Waals surface area contributed by atoms with E-state index in [1.54, 1.807) is 6.07 Å². The van der Waals surface area contributed by atoms with Gasteiger partial charge < -0.3 is 10.1 Å². The highest BCUT2D eigenvalue weighted by Crippen LogP contribution is 2.34. The summed E-state index contributed by atoms with van der Waals surface area (Å²) >= 11 is 0. The lowest BCUT2D eigenvalue weighted by Gasteiger charge is -2.19. The minimum Gasteiger partial charge on any atom is -0.450 e. The van der Waals surface area contributed by atoms with Gasteiger partial charge in [-0.05, 0) is 24.6 Å². The van der Waals surface area contributed by atoms with Gasteiger partial charge in [-0.1, -0.05) is 6.07 Å². The van der Waals surface area contributed by atoms with Gasteiger partial charge in [-0.25, -0.2) is 10.1 Å². The number of nitrogens with zero attached hydrogens (tertiary/aromatic N) is 2. The summed E-state index contributed by atoms with van der Waals surface area (Å²) in [5.41, 5.74) is 1.61. The van der Waals surface area contributed by atoms with Crippen molar-refractivity contribution in [1.82, 2.24) is 10.4 Å². The molecule has 0 radical (unpaired) electrons. The van der Waals surface area contributed by atoms with Gasteiger partial charge in [0.25, 0.3) is 0 Å². The summed E-state index contributed by atoms with van der Waals surface area (Å²) < 4.78 is 18.3. The largest absolute Gasteiger partial charge is 0.450 e. The van der Waals surface area contributed by atoms with Gasteiger partial charge >= 0.3 is 0 Å². The molecule has 1 aliphatic heterocycles. The molecule has 94 valence electrons. The molecule has 0 bridgehead atoms. The van der Waals surface area contributed by atoms with Crippen molar-refractivity contribution in [1.29, 1.82) is 0 Å². The molecular formula is C12H12FN3O2. The van der Waals surface area contributed by atoms with Crippen LogP contribution >= 0.6 is 0 Å². The van der Waals surface area contributed by atoms with Crippen LogP contribution in [-0.4, -0.2) is 24.4 Å². The second kappa shape index (κ2) is 4.87. The Kier molecular flexibility index (Phi) is 3.27. The van der Waals surface area contributed by atoms with E-state index in [0.29, 0.717) is 23.0 Å². The molecule has 18 heavy (non-hydrogen) atoms. The first-order valence-electron chi connectivity index (χ1n) is 5.28. The standard InChI is InChI=1S/C12H12FN3O2/c1-8-3-4-10-9(5-8)15-12(14-7-17)11(18-10)6-16(2)13/h3-7H,1-2H3,(H,14,15,17)/b11-6-. The maximum absolute atomic E-state index is 12.8. The average molecular weight is 249 g/mol. The SMILES string of the molecule is Cc1ccc2c(c1)N=C(NC=O)/C(=C/N(C)F)O2. The third-order valence-corrected chi connectivity index (χ3v) is 2.29. The quantitative estimate of drug-likeness (QED) is 0.642. The van der Waals surface area contributed by atoms with Crippen LogP contribution in [0.2, 0.25) is 0 Å². The predicted octanol–water partition coefficient (Wildman–Crippen LogP) is 1.82. The Hall–Kier alpha value is -2.37. The summed E-state index contributed by atoms with van der Waals surface area (Å²) in [6.45, 7) is 1.92. The molecule has 1 aliphatic rings. The summed E-state index contributed by atoms with van der Waals surface area (Å²) in [5.74, 6) is 0.834. The van der Waals surface area contributed by atoms with E-state index in [4.69, 9.17) is 4.74 Å². The molecule has 5 nitrogen and oxygen atoms in total. The highest BCUT2D eigenvalue weighted by atomic mass is 19.2. The van der Waals surface area contributed by atoms with Crippen molar-refractivity contribution in [3.8, 4) is 5.75 Å². The van der Waals surface area contributed by atoms with Crippen molar-refractivity contribution in [2.45, 2.75) is 6.92 Å². The van der Waals surface area contributed by atoms with Crippen molar-refractivity contribution in [3.05, 3.63) is 35.7 Å². The molecule has 1 aromatic carbocycles. The summed E-state index contributed by atoms with van der Waals surface area (Å²) in [6.07, 6.45) is 1.56. The van der Waals surface area contributed by atoms with Crippen molar-refractivity contribution >= 4 is 17.9 Å². The molecule has 6 heteroatoms. The summed E-state index contributed by atoms with van der Waals surface area (Å²) in [4.78, 5) is 14.7. The Morgan fingerprint density at radius 2 is 2.28 bits per heavy atom. The first-order chi connectivity index (χ1) is 8.60. The molecule has 2 rings (SSSR count). The second-order valence-electron chi connectivity index (χ2n) is 3.81. The number of nitrogens with one attached hydrogen (secondary N) is 1. The number of amidine groups is 1. The number of aryl methyl sites for hydroxylation is 1. The number of halogens is 1. The van der Waals surface area contributed by atoms with Crippen molar-refractivity contribution in [3.63, 3.8) is 0 Å². The Morgan fingerprint density at radius 1 is 1.50 bits per heavy atom. The highest BCUT2D eigenvalue weighted by molar-refractivity contribution is 6.05. The van der Waals surface area contributed by atoms with E-state index in [1.165, 1.54) is 7.05 Å². The summed E-state index contributed by atoms with van der Waals surface area (Å²) in [7, 11) is 1.21. The first kappa shape index (κ1) is 12.1. The molecule has 0 spiro atoms. The fraction of sp³-hybridized carbons (Fsp3) is 0.167. The number of amides is 1. The molecule has 1 amide bonds. The van der Waals surface area contributed by atoms with Crippen molar-refractivity contribution < 1.29 is 14.0 Å².